The predicted molar refractivity (Wildman–Crippen MR) is 74.1 cm³/mol. The summed E-state index contributed by atoms with van der Waals surface area (Å²) in [5, 5.41) is 3.54. The van der Waals surface area contributed by atoms with Gasteiger partial charge in [-0.15, -0.1) is 11.3 Å². The Morgan fingerprint density at radius 1 is 1.53 bits per heavy atom. The van der Waals surface area contributed by atoms with E-state index in [1.54, 1.807) is 11.3 Å². The fourth-order valence-corrected chi connectivity index (χ4v) is 3.55. The lowest BCUT2D eigenvalue weighted by Gasteiger charge is -2.24. The Morgan fingerprint density at radius 3 is 2.88 bits per heavy atom. The molecule has 0 saturated carbocycles. The fraction of sp³-hybridized carbons (Fsp3) is 0.692. The van der Waals surface area contributed by atoms with Crippen molar-refractivity contribution in [2.45, 2.75) is 51.4 Å². The molecule has 1 saturated heterocycles. The zero-order chi connectivity index (χ0) is 12.3. The SMILES string of the molecule is CCNC(Cc1ccc(Cl)s1)C1CCC(C)O1. The van der Waals surface area contributed by atoms with Crippen molar-refractivity contribution in [1.82, 2.24) is 5.32 Å². The molecule has 17 heavy (non-hydrogen) atoms. The molecule has 2 heterocycles. The van der Waals surface area contributed by atoms with Crippen LogP contribution in [0.25, 0.3) is 0 Å². The maximum Gasteiger partial charge on any atom is 0.0931 e. The number of ether oxygens (including phenoxy) is 1. The molecule has 0 aromatic carbocycles. The minimum Gasteiger partial charge on any atom is -0.374 e. The molecule has 3 atom stereocenters. The van der Waals surface area contributed by atoms with Gasteiger partial charge in [-0.05, 0) is 44.9 Å². The number of hydrogen-bond acceptors (Lipinski definition) is 3. The lowest BCUT2D eigenvalue weighted by atomic mass is 10.0. The molecule has 1 fully saturated rings. The van der Waals surface area contributed by atoms with Crippen molar-refractivity contribution < 1.29 is 4.74 Å². The monoisotopic (exact) mass is 273 g/mol. The number of thiophene rings is 1. The van der Waals surface area contributed by atoms with E-state index in [4.69, 9.17) is 16.3 Å². The van der Waals surface area contributed by atoms with Gasteiger partial charge in [0.25, 0.3) is 0 Å². The van der Waals surface area contributed by atoms with Gasteiger partial charge in [0.2, 0.25) is 0 Å². The number of likely N-dealkylation sites (N-methyl/N-ethyl adjacent to an activating group) is 1. The van der Waals surface area contributed by atoms with Crippen LogP contribution in [0.4, 0.5) is 0 Å². The third-order valence-electron chi connectivity index (χ3n) is 3.23. The third kappa shape index (κ3) is 3.68. The summed E-state index contributed by atoms with van der Waals surface area (Å²) in [5.41, 5.74) is 0. The van der Waals surface area contributed by atoms with E-state index in [1.807, 2.05) is 6.07 Å². The van der Waals surface area contributed by atoms with Gasteiger partial charge in [0, 0.05) is 10.9 Å². The van der Waals surface area contributed by atoms with Crippen LogP contribution in [-0.4, -0.2) is 24.8 Å². The van der Waals surface area contributed by atoms with Crippen LogP contribution in [0.2, 0.25) is 4.34 Å². The van der Waals surface area contributed by atoms with Crippen LogP contribution in [0.5, 0.6) is 0 Å². The summed E-state index contributed by atoms with van der Waals surface area (Å²) >= 11 is 7.64. The Labute approximate surface area is 112 Å². The quantitative estimate of drug-likeness (QED) is 0.887. The Kier molecular flexibility index (Phi) is 4.86. The van der Waals surface area contributed by atoms with Crippen molar-refractivity contribution in [3.63, 3.8) is 0 Å². The molecule has 3 unspecified atom stereocenters. The second kappa shape index (κ2) is 6.19. The van der Waals surface area contributed by atoms with Gasteiger partial charge in [0.15, 0.2) is 0 Å². The van der Waals surface area contributed by atoms with Crippen molar-refractivity contribution in [2.75, 3.05) is 6.54 Å². The highest BCUT2D eigenvalue weighted by Gasteiger charge is 2.29. The van der Waals surface area contributed by atoms with E-state index in [-0.39, 0.29) is 0 Å². The first-order valence-corrected chi connectivity index (χ1v) is 7.51. The largest absolute Gasteiger partial charge is 0.374 e. The lowest BCUT2D eigenvalue weighted by molar-refractivity contribution is 0.0326. The highest BCUT2D eigenvalue weighted by atomic mass is 35.5. The molecule has 1 aromatic rings. The number of hydrogen-bond donors (Lipinski definition) is 1. The van der Waals surface area contributed by atoms with E-state index in [9.17, 15) is 0 Å². The predicted octanol–water partition coefficient (Wildman–Crippen LogP) is 3.49. The first kappa shape index (κ1) is 13.3. The first-order chi connectivity index (χ1) is 8.19. The molecule has 0 amide bonds. The Morgan fingerprint density at radius 2 is 2.35 bits per heavy atom. The molecule has 2 rings (SSSR count). The molecule has 1 aliphatic rings. The molecule has 0 bridgehead atoms. The number of rotatable bonds is 5. The van der Waals surface area contributed by atoms with Gasteiger partial charge >= 0.3 is 0 Å². The van der Waals surface area contributed by atoms with Crippen LogP contribution in [0.1, 0.15) is 31.6 Å². The van der Waals surface area contributed by atoms with Crippen LogP contribution in [0.15, 0.2) is 12.1 Å². The van der Waals surface area contributed by atoms with Gasteiger partial charge in [0.1, 0.15) is 0 Å². The minimum absolute atomic E-state index is 0.353. The number of halogens is 1. The van der Waals surface area contributed by atoms with Crippen LogP contribution < -0.4 is 5.32 Å². The molecule has 1 N–H and O–H groups in total. The number of nitrogens with one attached hydrogen (secondary N) is 1. The zero-order valence-electron chi connectivity index (χ0n) is 10.4. The van der Waals surface area contributed by atoms with Crippen LogP contribution in [0, 0.1) is 0 Å². The van der Waals surface area contributed by atoms with Crippen LogP contribution >= 0.6 is 22.9 Å². The van der Waals surface area contributed by atoms with Crippen LogP contribution in [0.3, 0.4) is 0 Å². The van der Waals surface area contributed by atoms with Crippen LogP contribution in [-0.2, 0) is 11.2 Å². The molecule has 0 radical (unpaired) electrons. The summed E-state index contributed by atoms with van der Waals surface area (Å²) in [5.74, 6) is 0. The summed E-state index contributed by atoms with van der Waals surface area (Å²) in [6.07, 6.45) is 4.12. The van der Waals surface area contributed by atoms with Gasteiger partial charge in [-0.25, -0.2) is 0 Å². The maximum absolute atomic E-state index is 5.97. The van der Waals surface area contributed by atoms with E-state index in [1.165, 1.54) is 11.3 Å². The second-order valence-electron chi connectivity index (χ2n) is 4.64. The normalized spacial score (nSPS) is 26.3. The molecule has 4 heteroatoms. The van der Waals surface area contributed by atoms with E-state index in [0.717, 1.165) is 23.7 Å². The van der Waals surface area contributed by atoms with Gasteiger partial charge in [-0.3, -0.25) is 0 Å². The highest BCUT2D eigenvalue weighted by molar-refractivity contribution is 7.16. The van der Waals surface area contributed by atoms with Crippen molar-refractivity contribution in [1.29, 1.82) is 0 Å². The molecule has 96 valence electrons. The van der Waals surface area contributed by atoms with Gasteiger partial charge in [-0.2, -0.15) is 0 Å². The zero-order valence-corrected chi connectivity index (χ0v) is 12.0. The standard InChI is InChI=1S/C13H20ClNOS/c1-3-15-11(12-6-4-9(2)16-12)8-10-5-7-13(14)17-10/h5,7,9,11-12,15H,3-4,6,8H2,1-2H3. The first-order valence-electron chi connectivity index (χ1n) is 6.32. The molecule has 2 nitrogen and oxygen atoms in total. The highest BCUT2D eigenvalue weighted by Crippen LogP contribution is 2.27. The molecule has 1 aromatic heterocycles. The summed E-state index contributed by atoms with van der Waals surface area (Å²) in [7, 11) is 0. The van der Waals surface area contributed by atoms with Crippen molar-refractivity contribution in [2.24, 2.45) is 0 Å². The van der Waals surface area contributed by atoms with Crippen molar-refractivity contribution in [3.05, 3.63) is 21.3 Å². The summed E-state index contributed by atoms with van der Waals surface area (Å²) in [4.78, 5) is 1.34. The van der Waals surface area contributed by atoms with Gasteiger partial charge < -0.3 is 10.1 Å². The summed E-state index contributed by atoms with van der Waals surface area (Å²) in [6.45, 7) is 5.29. The second-order valence-corrected chi connectivity index (χ2v) is 6.44. The third-order valence-corrected chi connectivity index (χ3v) is 4.48. The molecule has 0 spiro atoms. The van der Waals surface area contributed by atoms with Crippen molar-refractivity contribution >= 4 is 22.9 Å². The Balaban J connectivity index is 1.97. The lowest BCUT2D eigenvalue weighted by Crippen LogP contribution is -2.41. The van der Waals surface area contributed by atoms with Gasteiger partial charge in [0.05, 0.1) is 16.5 Å². The molecule has 1 aliphatic heterocycles. The Hall–Kier alpha value is -0.0900. The van der Waals surface area contributed by atoms with Crippen molar-refractivity contribution in [3.8, 4) is 0 Å². The molecular weight excluding hydrogens is 254 g/mol. The molecular formula is C13H20ClNOS. The molecule has 0 aliphatic carbocycles. The smallest absolute Gasteiger partial charge is 0.0931 e. The van der Waals surface area contributed by atoms with E-state index < -0.39 is 0 Å². The Bertz CT molecular complexity index is 355. The van der Waals surface area contributed by atoms with Gasteiger partial charge in [-0.1, -0.05) is 18.5 Å². The minimum atomic E-state index is 0.353. The fourth-order valence-electron chi connectivity index (χ4n) is 2.40. The summed E-state index contributed by atoms with van der Waals surface area (Å²) in [6, 6.07) is 4.51. The summed E-state index contributed by atoms with van der Waals surface area (Å²) < 4.78 is 6.84. The van der Waals surface area contributed by atoms with E-state index >= 15 is 0 Å². The van der Waals surface area contributed by atoms with E-state index in [0.29, 0.717) is 18.2 Å². The average Bonchev–Trinajstić information content (AvgIpc) is 2.87. The maximum atomic E-state index is 5.97. The van der Waals surface area contributed by atoms with E-state index in [2.05, 4.69) is 25.2 Å². The topological polar surface area (TPSA) is 21.3 Å². The average molecular weight is 274 g/mol.